The zero-order valence-electron chi connectivity index (χ0n) is 17.5. The van der Waals surface area contributed by atoms with Gasteiger partial charge in [-0.05, 0) is 61.6 Å². The molecule has 0 radical (unpaired) electrons. The average molecular weight is 404 g/mol. The Bertz CT molecular complexity index is 1030. The number of ether oxygens (including phenoxy) is 1. The van der Waals surface area contributed by atoms with Crippen LogP contribution in [0.5, 0.6) is 5.75 Å². The van der Waals surface area contributed by atoms with Crippen LogP contribution in [-0.2, 0) is 0 Å². The van der Waals surface area contributed by atoms with Crippen LogP contribution in [0.15, 0.2) is 42.6 Å². The Morgan fingerprint density at radius 3 is 2.57 bits per heavy atom. The molecule has 5 rings (SSSR count). The molecule has 2 fully saturated rings. The van der Waals surface area contributed by atoms with Crippen molar-refractivity contribution >= 4 is 28.2 Å². The van der Waals surface area contributed by atoms with Crippen LogP contribution in [0.2, 0.25) is 0 Å². The molecule has 1 atom stereocenters. The first-order chi connectivity index (χ1) is 14.7. The maximum Gasteiger partial charge on any atom is 0.227 e. The lowest BCUT2D eigenvalue weighted by atomic mass is 9.94. The third-order valence-electron chi connectivity index (χ3n) is 6.45. The van der Waals surface area contributed by atoms with E-state index in [4.69, 9.17) is 15.5 Å². The first-order valence-corrected chi connectivity index (χ1v) is 10.9. The Hall–Kier alpha value is -2.86. The summed E-state index contributed by atoms with van der Waals surface area (Å²) < 4.78 is 5.70. The summed E-state index contributed by atoms with van der Waals surface area (Å²) in [6.07, 6.45) is 7.90. The summed E-state index contributed by atoms with van der Waals surface area (Å²) in [5.41, 5.74) is 10.5. The molecule has 1 saturated heterocycles. The number of nitrogens with one attached hydrogen (secondary N) is 1. The molecule has 2 aliphatic rings. The van der Waals surface area contributed by atoms with E-state index in [9.17, 15) is 0 Å². The lowest BCUT2D eigenvalue weighted by Gasteiger charge is -2.19. The molecule has 6 heteroatoms. The fourth-order valence-corrected chi connectivity index (χ4v) is 4.85. The number of hydrogen-bond donors (Lipinski definition) is 2. The minimum Gasteiger partial charge on any atom is -0.496 e. The van der Waals surface area contributed by atoms with E-state index in [1.54, 1.807) is 7.11 Å². The van der Waals surface area contributed by atoms with Crippen molar-refractivity contribution in [1.29, 1.82) is 0 Å². The topological polar surface area (TPSA) is 76.3 Å². The summed E-state index contributed by atoms with van der Waals surface area (Å²) in [5, 5.41) is 4.43. The molecule has 30 heavy (non-hydrogen) atoms. The molecule has 0 bridgehead atoms. The van der Waals surface area contributed by atoms with Crippen molar-refractivity contribution in [2.24, 2.45) is 5.73 Å². The van der Waals surface area contributed by atoms with Gasteiger partial charge in [0.2, 0.25) is 5.95 Å². The van der Waals surface area contributed by atoms with Gasteiger partial charge in [0.05, 0.1) is 12.6 Å². The third kappa shape index (κ3) is 3.67. The molecule has 1 aliphatic heterocycles. The minimum absolute atomic E-state index is 0.278. The van der Waals surface area contributed by atoms with E-state index in [1.807, 2.05) is 12.3 Å². The summed E-state index contributed by atoms with van der Waals surface area (Å²) in [4.78, 5) is 11.8. The van der Waals surface area contributed by atoms with Gasteiger partial charge >= 0.3 is 0 Å². The normalized spacial score (nSPS) is 19.5. The average Bonchev–Trinajstić information content (AvgIpc) is 3.45. The molecule has 6 nitrogen and oxygen atoms in total. The SMILES string of the molecule is COc1ccc2cnc(Nc3ccc(N4CCC(N)C4)cc3)nc2c1C1CCCC1. The molecule has 2 heterocycles. The van der Waals surface area contributed by atoms with Gasteiger partial charge in [-0.15, -0.1) is 0 Å². The second-order valence-electron chi connectivity index (χ2n) is 8.46. The molecule has 0 spiro atoms. The highest BCUT2D eigenvalue weighted by molar-refractivity contribution is 5.85. The van der Waals surface area contributed by atoms with Crippen LogP contribution in [0.25, 0.3) is 10.9 Å². The monoisotopic (exact) mass is 403 g/mol. The Balaban J connectivity index is 1.42. The highest BCUT2D eigenvalue weighted by Gasteiger charge is 2.24. The number of fused-ring (bicyclic) bond motifs is 1. The zero-order chi connectivity index (χ0) is 20.5. The van der Waals surface area contributed by atoms with E-state index in [2.05, 4.69) is 45.5 Å². The van der Waals surface area contributed by atoms with Crippen LogP contribution < -0.4 is 20.7 Å². The van der Waals surface area contributed by atoms with Gasteiger partial charge < -0.3 is 20.7 Å². The summed E-state index contributed by atoms with van der Waals surface area (Å²) in [5.74, 6) is 2.07. The molecule has 1 saturated carbocycles. The summed E-state index contributed by atoms with van der Waals surface area (Å²) >= 11 is 0. The number of methoxy groups -OCH3 is 1. The number of benzene rings is 2. The van der Waals surface area contributed by atoms with Crippen molar-refractivity contribution in [3.63, 3.8) is 0 Å². The number of anilines is 3. The molecular formula is C24H29N5O. The van der Waals surface area contributed by atoms with Crippen molar-refractivity contribution < 1.29 is 4.74 Å². The maximum atomic E-state index is 6.04. The Labute approximate surface area is 177 Å². The van der Waals surface area contributed by atoms with Crippen LogP contribution in [0, 0.1) is 0 Å². The highest BCUT2D eigenvalue weighted by atomic mass is 16.5. The standard InChI is InChI=1S/C24H29N5O/c1-30-21-11-6-17-14-26-24(28-23(17)22(21)16-4-2-3-5-16)27-19-7-9-20(10-8-19)29-13-12-18(25)15-29/h6-11,14,16,18H,2-5,12-13,15,25H2,1H3,(H,26,27,28). The van der Waals surface area contributed by atoms with Gasteiger partial charge in [0.15, 0.2) is 0 Å². The van der Waals surface area contributed by atoms with Crippen LogP contribution in [-0.4, -0.2) is 36.2 Å². The largest absolute Gasteiger partial charge is 0.496 e. The number of rotatable bonds is 5. The molecule has 2 aromatic carbocycles. The van der Waals surface area contributed by atoms with E-state index in [-0.39, 0.29) is 6.04 Å². The Kier molecular flexibility index (Phi) is 5.17. The number of aromatic nitrogens is 2. The lowest BCUT2D eigenvalue weighted by Crippen LogP contribution is -2.26. The van der Waals surface area contributed by atoms with Crippen molar-refractivity contribution in [3.8, 4) is 5.75 Å². The number of nitrogens with two attached hydrogens (primary N) is 1. The summed E-state index contributed by atoms with van der Waals surface area (Å²) in [6, 6.07) is 12.8. The number of nitrogens with zero attached hydrogens (tertiary/aromatic N) is 3. The predicted molar refractivity (Wildman–Crippen MR) is 122 cm³/mol. The fourth-order valence-electron chi connectivity index (χ4n) is 4.85. The van der Waals surface area contributed by atoms with E-state index >= 15 is 0 Å². The molecule has 1 aliphatic carbocycles. The van der Waals surface area contributed by atoms with Gasteiger partial charge in [-0.3, -0.25) is 0 Å². The van der Waals surface area contributed by atoms with Crippen molar-refractivity contribution in [1.82, 2.24) is 9.97 Å². The first kappa shape index (κ1) is 19.1. The van der Waals surface area contributed by atoms with Gasteiger partial charge in [0.25, 0.3) is 0 Å². The molecule has 3 aromatic rings. The van der Waals surface area contributed by atoms with E-state index in [0.717, 1.165) is 41.9 Å². The van der Waals surface area contributed by atoms with E-state index < -0.39 is 0 Å². The van der Waals surface area contributed by atoms with Crippen LogP contribution in [0.3, 0.4) is 0 Å². The zero-order valence-corrected chi connectivity index (χ0v) is 17.5. The summed E-state index contributed by atoms with van der Waals surface area (Å²) in [7, 11) is 1.74. The van der Waals surface area contributed by atoms with Gasteiger partial charge in [-0.2, -0.15) is 0 Å². The smallest absolute Gasteiger partial charge is 0.227 e. The van der Waals surface area contributed by atoms with Crippen molar-refractivity contribution in [3.05, 3.63) is 48.2 Å². The second-order valence-corrected chi connectivity index (χ2v) is 8.46. The van der Waals surface area contributed by atoms with Crippen LogP contribution in [0.4, 0.5) is 17.3 Å². The van der Waals surface area contributed by atoms with Gasteiger partial charge in [0, 0.05) is 47.7 Å². The molecule has 1 aromatic heterocycles. The molecule has 156 valence electrons. The summed E-state index contributed by atoms with van der Waals surface area (Å²) in [6.45, 7) is 1.94. The predicted octanol–water partition coefficient (Wildman–Crippen LogP) is 4.58. The van der Waals surface area contributed by atoms with Gasteiger partial charge in [-0.1, -0.05) is 12.8 Å². The van der Waals surface area contributed by atoms with Crippen molar-refractivity contribution in [2.75, 3.05) is 30.4 Å². The molecule has 0 amide bonds. The second kappa shape index (κ2) is 8.11. The van der Waals surface area contributed by atoms with E-state index in [1.165, 1.54) is 36.9 Å². The Morgan fingerprint density at radius 2 is 1.87 bits per heavy atom. The quantitative estimate of drug-likeness (QED) is 0.650. The third-order valence-corrected chi connectivity index (χ3v) is 6.45. The first-order valence-electron chi connectivity index (χ1n) is 10.9. The van der Waals surface area contributed by atoms with Crippen molar-refractivity contribution in [2.45, 2.75) is 44.1 Å². The van der Waals surface area contributed by atoms with Gasteiger partial charge in [0.1, 0.15) is 5.75 Å². The minimum atomic E-state index is 0.278. The lowest BCUT2D eigenvalue weighted by molar-refractivity contribution is 0.406. The highest BCUT2D eigenvalue weighted by Crippen LogP contribution is 2.42. The maximum absolute atomic E-state index is 6.04. The number of hydrogen-bond acceptors (Lipinski definition) is 6. The molecule has 1 unspecified atom stereocenters. The molecule has 3 N–H and O–H groups in total. The van der Waals surface area contributed by atoms with Gasteiger partial charge in [-0.25, -0.2) is 9.97 Å². The Morgan fingerprint density at radius 1 is 1.07 bits per heavy atom. The van der Waals surface area contributed by atoms with Crippen LogP contribution >= 0.6 is 0 Å². The fraction of sp³-hybridized carbons (Fsp3) is 0.417. The van der Waals surface area contributed by atoms with E-state index in [0.29, 0.717) is 11.9 Å². The van der Waals surface area contributed by atoms with Crippen LogP contribution in [0.1, 0.15) is 43.6 Å². The molecular weight excluding hydrogens is 374 g/mol.